The molecule has 5 nitrogen and oxygen atoms in total. The lowest BCUT2D eigenvalue weighted by Crippen LogP contribution is -2.38. The van der Waals surface area contributed by atoms with Crippen LogP contribution in [-0.4, -0.2) is 36.9 Å². The molecule has 0 aliphatic carbocycles. The summed E-state index contributed by atoms with van der Waals surface area (Å²) in [5.41, 5.74) is -0.656. The van der Waals surface area contributed by atoms with Crippen molar-refractivity contribution in [3.63, 3.8) is 0 Å². The highest BCUT2D eigenvalue weighted by Crippen LogP contribution is 2.22. The number of sulfonamides is 1. The molecule has 0 saturated carbocycles. The Bertz CT molecular complexity index is 613. The highest BCUT2D eigenvalue weighted by molar-refractivity contribution is 7.89. The van der Waals surface area contributed by atoms with Gasteiger partial charge in [-0.05, 0) is 31.0 Å². The lowest BCUT2D eigenvalue weighted by molar-refractivity contribution is 0.0691. The van der Waals surface area contributed by atoms with Gasteiger partial charge in [-0.3, -0.25) is 0 Å². The Morgan fingerprint density at radius 3 is 2.30 bits per heavy atom. The van der Waals surface area contributed by atoms with E-state index in [1.807, 2.05) is 13.8 Å². The standard InChI is InChI=1S/C13H18FNO4S/c1-8(2)9(3)15(4)20(18,19)10-5-6-12(14)11(7-10)13(16)17/h5-9H,1-4H3,(H,16,17). The second-order valence-electron chi connectivity index (χ2n) is 4.95. The van der Waals surface area contributed by atoms with Crippen molar-refractivity contribution in [3.8, 4) is 0 Å². The van der Waals surface area contributed by atoms with Crippen molar-refractivity contribution in [1.29, 1.82) is 0 Å². The lowest BCUT2D eigenvalue weighted by Gasteiger charge is -2.27. The van der Waals surface area contributed by atoms with Crippen molar-refractivity contribution in [1.82, 2.24) is 4.31 Å². The van der Waals surface area contributed by atoms with Gasteiger partial charge in [-0.15, -0.1) is 0 Å². The highest BCUT2D eigenvalue weighted by atomic mass is 32.2. The van der Waals surface area contributed by atoms with E-state index >= 15 is 0 Å². The van der Waals surface area contributed by atoms with E-state index in [0.29, 0.717) is 0 Å². The minimum absolute atomic E-state index is 0.0918. The average Bonchev–Trinajstić information content (AvgIpc) is 2.36. The molecular weight excluding hydrogens is 285 g/mol. The van der Waals surface area contributed by atoms with Crippen LogP contribution in [-0.2, 0) is 10.0 Å². The van der Waals surface area contributed by atoms with Gasteiger partial charge in [-0.1, -0.05) is 13.8 Å². The Hall–Kier alpha value is -1.47. The third-order valence-corrected chi connectivity index (χ3v) is 5.32. The molecule has 0 fully saturated rings. The third-order valence-electron chi connectivity index (χ3n) is 3.38. The summed E-state index contributed by atoms with van der Waals surface area (Å²) >= 11 is 0. The molecule has 112 valence electrons. The van der Waals surface area contributed by atoms with Gasteiger partial charge in [-0.25, -0.2) is 17.6 Å². The quantitative estimate of drug-likeness (QED) is 0.904. The molecule has 1 unspecified atom stereocenters. The number of aromatic carboxylic acids is 1. The van der Waals surface area contributed by atoms with Crippen LogP contribution in [0, 0.1) is 11.7 Å². The zero-order valence-corrected chi connectivity index (χ0v) is 12.6. The van der Waals surface area contributed by atoms with Crippen molar-refractivity contribution in [2.45, 2.75) is 31.7 Å². The van der Waals surface area contributed by atoms with Crippen LogP contribution in [0.3, 0.4) is 0 Å². The number of carbonyl (C=O) groups is 1. The van der Waals surface area contributed by atoms with Crippen LogP contribution < -0.4 is 0 Å². The summed E-state index contributed by atoms with van der Waals surface area (Å²) in [6.07, 6.45) is 0. The number of hydrogen-bond donors (Lipinski definition) is 1. The van der Waals surface area contributed by atoms with Gasteiger partial charge in [0.2, 0.25) is 10.0 Å². The van der Waals surface area contributed by atoms with E-state index in [2.05, 4.69) is 0 Å². The Labute approximate surface area is 118 Å². The summed E-state index contributed by atoms with van der Waals surface area (Å²) in [6.45, 7) is 5.51. The molecule has 0 aromatic heterocycles. The molecule has 1 aromatic rings. The first-order valence-corrected chi connectivity index (χ1v) is 7.54. The first-order chi connectivity index (χ1) is 9.09. The van der Waals surface area contributed by atoms with Crippen molar-refractivity contribution >= 4 is 16.0 Å². The number of carboxylic acids is 1. The summed E-state index contributed by atoms with van der Waals surface area (Å²) in [6, 6.07) is 2.50. The number of benzene rings is 1. The SMILES string of the molecule is CC(C)C(C)N(C)S(=O)(=O)c1ccc(F)c(C(=O)O)c1. The van der Waals surface area contributed by atoms with Gasteiger partial charge in [0, 0.05) is 13.1 Å². The smallest absolute Gasteiger partial charge is 0.338 e. The van der Waals surface area contributed by atoms with E-state index in [-0.39, 0.29) is 16.9 Å². The van der Waals surface area contributed by atoms with Gasteiger partial charge in [-0.2, -0.15) is 4.31 Å². The number of nitrogens with zero attached hydrogens (tertiary/aromatic N) is 1. The van der Waals surface area contributed by atoms with E-state index in [1.54, 1.807) is 6.92 Å². The molecule has 0 bridgehead atoms. The van der Waals surface area contributed by atoms with Gasteiger partial charge in [0.05, 0.1) is 10.5 Å². The van der Waals surface area contributed by atoms with E-state index in [9.17, 15) is 17.6 Å². The second-order valence-corrected chi connectivity index (χ2v) is 6.95. The molecule has 0 saturated heterocycles. The molecule has 1 rings (SSSR count). The molecule has 0 radical (unpaired) electrons. The summed E-state index contributed by atoms with van der Waals surface area (Å²) in [5.74, 6) is -2.37. The molecule has 1 aromatic carbocycles. The van der Waals surface area contributed by atoms with E-state index in [1.165, 1.54) is 7.05 Å². The molecule has 1 N–H and O–H groups in total. The Kier molecular flexibility index (Phi) is 4.88. The van der Waals surface area contributed by atoms with Crippen LogP contribution in [0.5, 0.6) is 0 Å². The Morgan fingerprint density at radius 2 is 1.85 bits per heavy atom. The second kappa shape index (κ2) is 5.88. The van der Waals surface area contributed by atoms with Crippen molar-refractivity contribution in [2.24, 2.45) is 5.92 Å². The van der Waals surface area contributed by atoms with Gasteiger partial charge >= 0.3 is 5.97 Å². The minimum Gasteiger partial charge on any atom is -0.478 e. The van der Waals surface area contributed by atoms with Crippen molar-refractivity contribution < 1.29 is 22.7 Å². The van der Waals surface area contributed by atoms with Crippen LogP contribution in [0.15, 0.2) is 23.1 Å². The maximum absolute atomic E-state index is 13.3. The largest absolute Gasteiger partial charge is 0.478 e. The zero-order valence-electron chi connectivity index (χ0n) is 11.8. The predicted molar refractivity (Wildman–Crippen MR) is 72.6 cm³/mol. The predicted octanol–water partition coefficient (Wildman–Crippen LogP) is 2.19. The van der Waals surface area contributed by atoms with Crippen LogP contribution in [0.4, 0.5) is 4.39 Å². The van der Waals surface area contributed by atoms with Crippen molar-refractivity contribution in [3.05, 3.63) is 29.6 Å². The van der Waals surface area contributed by atoms with E-state index in [0.717, 1.165) is 22.5 Å². The fraction of sp³-hybridized carbons (Fsp3) is 0.462. The maximum atomic E-state index is 13.3. The normalized spacial score (nSPS) is 13.8. The van der Waals surface area contributed by atoms with Crippen LogP contribution >= 0.6 is 0 Å². The first-order valence-electron chi connectivity index (χ1n) is 6.10. The first kappa shape index (κ1) is 16.6. The van der Waals surface area contributed by atoms with Crippen molar-refractivity contribution in [2.75, 3.05) is 7.05 Å². The average molecular weight is 303 g/mol. The number of hydrogen-bond acceptors (Lipinski definition) is 3. The fourth-order valence-electron chi connectivity index (χ4n) is 1.63. The maximum Gasteiger partial charge on any atom is 0.338 e. The molecule has 7 heteroatoms. The third kappa shape index (κ3) is 3.16. The molecule has 0 heterocycles. The van der Waals surface area contributed by atoms with Crippen LogP contribution in [0.2, 0.25) is 0 Å². The Balaban J connectivity index is 3.30. The van der Waals surface area contributed by atoms with Crippen LogP contribution in [0.25, 0.3) is 0 Å². The molecule has 0 amide bonds. The zero-order chi connectivity index (χ0) is 15.7. The number of carboxylic acid groups (broad SMARTS) is 1. The Morgan fingerprint density at radius 1 is 1.30 bits per heavy atom. The minimum atomic E-state index is -3.85. The monoisotopic (exact) mass is 303 g/mol. The molecule has 0 aliphatic heterocycles. The summed E-state index contributed by atoms with van der Waals surface area (Å²) in [4.78, 5) is 10.6. The summed E-state index contributed by atoms with van der Waals surface area (Å²) < 4.78 is 39.2. The fourth-order valence-corrected chi connectivity index (χ4v) is 3.15. The van der Waals surface area contributed by atoms with Gasteiger partial charge < -0.3 is 5.11 Å². The molecule has 0 spiro atoms. The van der Waals surface area contributed by atoms with Gasteiger partial charge in [0.25, 0.3) is 0 Å². The summed E-state index contributed by atoms with van der Waals surface area (Å²) in [7, 11) is -2.43. The highest BCUT2D eigenvalue weighted by Gasteiger charge is 2.28. The van der Waals surface area contributed by atoms with Gasteiger partial charge in [0.15, 0.2) is 0 Å². The molecular formula is C13H18FNO4S. The van der Waals surface area contributed by atoms with Crippen LogP contribution in [0.1, 0.15) is 31.1 Å². The molecule has 0 aliphatic rings. The topological polar surface area (TPSA) is 74.7 Å². The van der Waals surface area contributed by atoms with E-state index in [4.69, 9.17) is 5.11 Å². The summed E-state index contributed by atoms with van der Waals surface area (Å²) in [5, 5.41) is 8.84. The van der Waals surface area contributed by atoms with E-state index < -0.39 is 27.4 Å². The van der Waals surface area contributed by atoms with Gasteiger partial charge in [0.1, 0.15) is 5.82 Å². The number of rotatable bonds is 5. The molecule has 1 atom stereocenters. The lowest BCUT2D eigenvalue weighted by atomic mass is 10.1. The number of halogens is 1. The molecule has 20 heavy (non-hydrogen) atoms.